The highest BCUT2D eigenvalue weighted by atomic mass is 15.0. The van der Waals surface area contributed by atoms with Gasteiger partial charge in [-0.15, -0.1) is 0 Å². The molecule has 0 amide bonds. The van der Waals surface area contributed by atoms with Crippen LogP contribution in [0.25, 0.3) is 10.8 Å². The summed E-state index contributed by atoms with van der Waals surface area (Å²) < 4.78 is 0. The van der Waals surface area contributed by atoms with E-state index in [1.54, 1.807) is 0 Å². The lowest BCUT2D eigenvalue weighted by Crippen LogP contribution is -2.29. The zero-order valence-electron chi connectivity index (χ0n) is 10.2. The maximum atomic E-state index is 5.76. The van der Waals surface area contributed by atoms with Crippen molar-refractivity contribution in [3.63, 3.8) is 0 Å². The van der Waals surface area contributed by atoms with Crippen LogP contribution in [0, 0.1) is 0 Å². The molecule has 0 radical (unpaired) electrons. The summed E-state index contributed by atoms with van der Waals surface area (Å²) in [7, 11) is 0. The van der Waals surface area contributed by atoms with Gasteiger partial charge in [-0.1, -0.05) is 37.6 Å². The van der Waals surface area contributed by atoms with Crippen LogP contribution >= 0.6 is 0 Å². The second-order valence-electron chi connectivity index (χ2n) is 4.25. The van der Waals surface area contributed by atoms with Crippen LogP contribution in [0.4, 0.5) is 5.82 Å². The SMILES string of the molecule is CCCC(CN)Nc1nccc2ccccc12. The molecule has 3 heteroatoms. The predicted molar refractivity (Wildman–Crippen MR) is 73.1 cm³/mol. The molecule has 0 saturated carbocycles. The smallest absolute Gasteiger partial charge is 0.134 e. The number of nitrogens with two attached hydrogens (primary N) is 1. The molecule has 3 N–H and O–H groups in total. The van der Waals surface area contributed by atoms with E-state index in [4.69, 9.17) is 5.73 Å². The van der Waals surface area contributed by atoms with Gasteiger partial charge in [0.05, 0.1) is 0 Å². The van der Waals surface area contributed by atoms with Crippen LogP contribution in [-0.2, 0) is 0 Å². The molecule has 0 aliphatic heterocycles. The first-order chi connectivity index (χ1) is 8.35. The topological polar surface area (TPSA) is 50.9 Å². The van der Waals surface area contributed by atoms with Crippen LogP contribution in [0.3, 0.4) is 0 Å². The second kappa shape index (κ2) is 5.64. The number of fused-ring (bicyclic) bond motifs is 1. The molecule has 2 aromatic rings. The van der Waals surface area contributed by atoms with E-state index in [-0.39, 0.29) is 0 Å². The van der Waals surface area contributed by atoms with Crippen LogP contribution < -0.4 is 11.1 Å². The lowest BCUT2D eigenvalue weighted by molar-refractivity contribution is 0.646. The number of aromatic nitrogens is 1. The summed E-state index contributed by atoms with van der Waals surface area (Å²) >= 11 is 0. The maximum absolute atomic E-state index is 5.76. The first-order valence-electron chi connectivity index (χ1n) is 6.15. The van der Waals surface area contributed by atoms with Gasteiger partial charge in [0.25, 0.3) is 0 Å². The number of nitrogens with zero attached hydrogens (tertiary/aromatic N) is 1. The summed E-state index contributed by atoms with van der Waals surface area (Å²) in [6.07, 6.45) is 4.03. The van der Waals surface area contributed by atoms with Gasteiger partial charge in [-0.05, 0) is 17.9 Å². The van der Waals surface area contributed by atoms with Crippen molar-refractivity contribution in [2.24, 2.45) is 5.73 Å². The van der Waals surface area contributed by atoms with Gasteiger partial charge >= 0.3 is 0 Å². The van der Waals surface area contributed by atoms with E-state index in [1.807, 2.05) is 24.4 Å². The van der Waals surface area contributed by atoms with Crippen LogP contribution in [0.1, 0.15) is 19.8 Å². The molecule has 1 heterocycles. The van der Waals surface area contributed by atoms with E-state index in [2.05, 4.69) is 29.4 Å². The van der Waals surface area contributed by atoms with Gasteiger partial charge in [0.15, 0.2) is 0 Å². The van der Waals surface area contributed by atoms with E-state index in [0.717, 1.165) is 24.0 Å². The molecule has 0 aliphatic carbocycles. The van der Waals surface area contributed by atoms with Crippen LogP contribution in [-0.4, -0.2) is 17.6 Å². The number of nitrogens with one attached hydrogen (secondary N) is 1. The fraction of sp³-hybridized carbons (Fsp3) is 0.357. The zero-order valence-corrected chi connectivity index (χ0v) is 10.2. The fourth-order valence-corrected chi connectivity index (χ4v) is 2.03. The number of anilines is 1. The molecule has 17 heavy (non-hydrogen) atoms. The molecular formula is C14H19N3. The van der Waals surface area contributed by atoms with E-state index in [0.29, 0.717) is 12.6 Å². The summed E-state index contributed by atoms with van der Waals surface area (Å²) in [6.45, 7) is 2.81. The minimum absolute atomic E-state index is 0.304. The number of benzene rings is 1. The van der Waals surface area contributed by atoms with Gasteiger partial charge in [-0.2, -0.15) is 0 Å². The van der Waals surface area contributed by atoms with E-state index in [9.17, 15) is 0 Å². The molecule has 0 spiro atoms. The molecule has 2 rings (SSSR count). The minimum Gasteiger partial charge on any atom is -0.366 e. The monoisotopic (exact) mass is 229 g/mol. The largest absolute Gasteiger partial charge is 0.366 e. The van der Waals surface area contributed by atoms with Gasteiger partial charge in [0.1, 0.15) is 5.82 Å². The zero-order chi connectivity index (χ0) is 12.1. The van der Waals surface area contributed by atoms with Gasteiger partial charge in [0, 0.05) is 24.2 Å². The molecule has 1 atom stereocenters. The van der Waals surface area contributed by atoms with Crippen LogP contribution in [0.5, 0.6) is 0 Å². The Bertz CT molecular complexity index is 476. The maximum Gasteiger partial charge on any atom is 0.134 e. The Hall–Kier alpha value is -1.61. The number of hydrogen-bond acceptors (Lipinski definition) is 3. The molecule has 1 aromatic heterocycles. The first-order valence-corrected chi connectivity index (χ1v) is 6.15. The van der Waals surface area contributed by atoms with E-state index >= 15 is 0 Å². The molecule has 0 bridgehead atoms. The Balaban J connectivity index is 2.28. The van der Waals surface area contributed by atoms with Crippen molar-refractivity contribution >= 4 is 16.6 Å². The Morgan fingerprint density at radius 3 is 2.88 bits per heavy atom. The van der Waals surface area contributed by atoms with Gasteiger partial charge < -0.3 is 11.1 Å². The summed E-state index contributed by atoms with van der Waals surface area (Å²) in [4.78, 5) is 4.41. The van der Waals surface area contributed by atoms with E-state index in [1.165, 1.54) is 5.39 Å². The molecule has 0 fully saturated rings. The summed E-state index contributed by atoms with van der Waals surface area (Å²) in [6, 6.07) is 10.6. The number of rotatable bonds is 5. The molecule has 0 aliphatic rings. The highest BCUT2D eigenvalue weighted by Gasteiger charge is 2.08. The number of pyridine rings is 1. The van der Waals surface area contributed by atoms with Gasteiger partial charge in [-0.25, -0.2) is 4.98 Å². The molecule has 0 saturated heterocycles. The van der Waals surface area contributed by atoms with Crippen molar-refractivity contribution in [3.05, 3.63) is 36.5 Å². The van der Waals surface area contributed by atoms with Crippen molar-refractivity contribution in [1.82, 2.24) is 4.98 Å². The average molecular weight is 229 g/mol. The highest BCUT2D eigenvalue weighted by Crippen LogP contribution is 2.21. The third kappa shape index (κ3) is 2.74. The van der Waals surface area contributed by atoms with Crippen molar-refractivity contribution < 1.29 is 0 Å². The lowest BCUT2D eigenvalue weighted by Gasteiger charge is -2.17. The van der Waals surface area contributed by atoms with Crippen LogP contribution in [0.2, 0.25) is 0 Å². The molecule has 1 unspecified atom stereocenters. The Kier molecular flexibility index (Phi) is 3.94. The number of hydrogen-bond donors (Lipinski definition) is 2. The van der Waals surface area contributed by atoms with Crippen LogP contribution in [0.15, 0.2) is 36.5 Å². The Labute approximate surface area is 102 Å². The van der Waals surface area contributed by atoms with Crippen molar-refractivity contribution in [3.8, 4) is 0 Å². The predicted octanol–water partition coefficient (Wildman–Crippen LogP) is 2.77. The quantitative estimate of drug-likeness (QED) is 0.829. The minimum atomic E-state index is 0.304. The molecule has 3 nitrogen and oxygen atoms in total. The Morgan fingerprint density at radius 2 is 2.12 bits per heavy atom. The highest BCUT2D eigenvalue weighted by molar-refractivity contribution is 5.91. The summed E-state index contributed by atoms with van der Waals surface area (Å²) in [5, 5.41) is 5.80. The average Bonchev–Trinajstić information content (AvgIpc) is 2.38. The third-order valence-electron chi connectivity index (χ3n) is 2.94. The van der Waals surface area contributed by atoms with Gasteiger partial charge in [0.2, 0.25) is 0 Å². The summed E-state index contributed by atoms with van der Waals surface area (Å²) in [5.74, 6) is 0.937. The molecular weight excluding hydrogens is 210 g/mol. The molecule has 1 aromatic carbocycles. The molecule has 90 valence electrons. The van der Waals surface area contributed by atoms with Crippen molar-refractivity contribution in [2.75, 3.05) is 11.9 Å². The van der Waals surface area contributed by atoms with Crippen molar-refractivity contribution in [1.29, 1.82) is 0 Å². The Morgan fingerprint density at radius 1 is 1.29 bits per heavy atom. The summed E-state index contributed by atoms with van der Waals surface area (Å²) in [5.41, 5.74) is 5.76. The van der Waals surface area contributed by atoms with Crippen molar-refractivity contribution in [2.45, 2.75) is 25.8 Å². The standard InChI is InChI=1S/C14H19N3/c1-2-5-12(10-15)17-14-13-7-4-3-6-11(13)8-9-16-14/h3-4,6-9,12H,2,5,10,15H2,1H3,(H,16,17). The normalized spacial score (nSPS) is 12.6. The third-order valence-corrected chi connectivity index (χ3v) is 2.94. The van der Waals surface area contributed by atoms with E-state index < -0.39 is 0 Å². The van der Waals surface area contributed by atoms with Gasteiger partial charge in [-0.3, -0.25) is 0 Å². The second-order valence-corrected chi connectivity index (χ2v) is 4.25. The first kappa shape index (κ1) is 11.9. The fourth-order valence-electron chi connectivity index (χ4n) is 2.03. The lowest BCUT2D eigenvalue weighted by atomic mass is 10.1.